The van der Waals surface area contributed by atoms with Gasteiger partial charge in [-0.1, -0.05) is 0 Å². The molecule has 3 aromatic rings. The molecule has 1 aromatic carbocycles. The Kier molecular flexibility index (Phi) is 2.24. The molecular weight excluding hydrogens is 254 g/mol. The number of imidazole rings is 1. The van der Waals surface area contributed by atoms with Crippen LogP contribution in [0.25, 0.3) is 22.6 Å². The van der Waals surface area contributed by atoms with Gasteiger partial charge in [-0.3, -0.25) is 0 Å². The topological polar surface area (TPSA) is 71.2 Å². The highest BCUT2D eigenvalue weighted by atomic mass is 16.3. The molecule has 100 valence electrons. The van der Waals surface area contributed by atoms with Crippen molar-refractivity contribution in [1.82, 2.24) is 14.5 Å². The molecule has 1 fully saturated rings. The highest BCUT2D eigenvalue weighted by molar-refractivity contribution is 5.79. The second-order valence-electron chi connectivity index (χ2n) is 5.08. The van der Waals surface area contributed by atoms with Crippen LogP contribution in [0.4, 0.5) is 0 Å². The molecule has 0 aliphatic heterocycles. The number of nitrogens with zero attached hydrogens (tertiary/aromatic N) is 3. The van der Waals surface area contributed by atoms with Crippen molar-refractivity contribution in [3.8, 4) is 22.9 Å². The van der Waals surface area contributed by atoms with Crippen LogP contribution in [0.2, 0.25) is 0 Å². The van der Waals surface area contributed by atoms with Gasteiger partial charge < -0.3 is 14.8 Å². The lowest BCUT2D eigenvalue weighted by Gasteiger charge is -2.08. The second-order valence-corrected chi connectivity index (χ2v) is 5.08. The highest BCUT2D eigenvalue weighted by Gasteiger charge is 2.30. The van der Waals surface area contributed by atoms with Gasteiger partial charge in [0.2, 0.25) is 0 Å². The molecule has 0 unspecified atom stereocenters. The van der Waals surface area contributed by atoms with Crippen LogP contribution in [0.3, 0.4) is 0 Å². The first kappa shape index (κ1) is 11.3. The minimum absolute atomic E-state index is 0.0298. The number of aromatic nitrogens is 3. The summed E-state index contributed by atoms with van der Waals surface area (Å²) in [6.45, 7) is 0. The van der Waals surface area contributed by atoms with Crippen molar-refractivity contribution in [2.24, 2.45) is 0 Å². The second kappa shape index (κ2) is 3.96. The molecule has 0 amide bonds. The van der Waals surface area contributed by atoms with Gasteiger partial charge in [0.05, 0.1) is 5.56 Å². The Morgan fingerprint density at radius 3 is 2.75 bits per heavy atom. The quantitative estimate of drug-likeness (QED) is 0.749. The molecule has 0 radical (unpaired) electrons. The third-order valence-corrected chi connectivity index (χ3v) is 3.58. The van der Waals surface area contributed by atoms with Crippen LogP contribution in [0.1, 0.15) is 18.9 Å². The van der Waals surface area contributed by atoms with Crippen LogP contribution < -0.4 is 0 Å². The van der Waals surface area contributed by atoms with E-state index in [1.165, 1.54) is 6.07 Å². The van der Waals surface area contributed by atoms with Crippen molar-refractivity contribution in [2.45, 2.75) is 18.9 Å². The molecular formula is C15H13N3O2. The zero-order valence-electron chi connectivity index (χ0n) is 10.7. The largest absolute Gasteiger partial charge is 0.508 e. The van der Waals surface area contributed by atoms with Gasteiger partial charge >= 0.3 is 0 Å². The average Bonchev–Trinajstić information content (AvgIpc) is 3.19. The van der Waals surface area contributed by atoms with E-state index < -0.39 is 0 Å². The van der Waals surface area contributed by atoms with Gasteiger partial charge in [0.25, 0.3) is 0 Å². The molecule has 2 N–H and O–H groups in total. The number of phenolic OH excluding ortho intramolecular Hbond substituents is 2. The van der Waals surface area contributed by atoms with Crippen molar-refractivity contribution in [2.75, 3.05) is 0 Å². The maximum Gasteiger partial charge on any atom is 0.160 e. The number of phenols is 2. The van der Waals surface area contributed by atoms with Gasteiger partial charge in [0, 0.05) is 18.3 Å². The summed E-state index contributed by atoms with van der Waals surface area (Å²) < 4.78 is 2.08. The molecule has 1 aliphatic rings. The summed E-state index contributed by atoms with van der Waals surface area (Å²) in [5, 5.41) is 19.5. The number of pyridine rings is 1. The SMILES string of the molecule is Oc1ccc(-c2nc3cccnc3n2C2CC2)c(O)c1. The number of rotatable bonds is 2. The molecule has 4 rings (SSSR count). The zero-order valence-corrected chi connectivity index (χ0v) is 10.7. The fourth-order valence-electron chi connectivity index (χ4n) is 2.51. The predicted molar refractivity (Wildman–Crippen MR) is 74.6 cm³/mol. The van der Waals surface area contributed by atoms with E-state index in [1.54, 1.807) is 18.3 Å². The van der Waals surface area contributed by atoms with E-state index in [4.69, 9.17) is 0 Å². The van der Waals surface area contributed by atoms with E-state index in [0.717, 1.165) is 24.0 Å². The summed E-state index contributed by atoms with van der Waals surface area (Å²) >= 11 is 0. The number of hydrogen-bond acceptors (Lipinski definition) is 4. The first-order valence-corrected chi connectivity index (χ1v) is 6.59. The summed E-state index contributed by atoms with van der Waals surface area (Å²) in [7, 11) is 0. The highest BCUT2D eigenvalue weighted by Crippen LogP contribution is 2.42. The van der Waals surface area contributed by atoms with E-state index in [1.807, 2.05) is 12.1 Å². The predicted octanol–water partition coefficient (Wildman–Crippen LogP) is 2.84. The fraction of sp³-hybridized carbons (Fsp3) is 0.200. The average molecular weight is 267 g/mol. The van der Waals surface area contributed by atoms with Crippen LogP contribution in [0.15, 0.2) is 36.5 Å². The molecule has 1 aliphatic carbocycles. The van der Waals surface area contributed by atoms with E-state index >= 15 is 0 Å². The minimum atomic E-state index is 0.0298. The Balaban J connectivity index is 2.01. The minimum Gasteiger partial charge on any atom is -0.508 e. The molecule has 5 nitrogen and oxygen atoms in total. The maximum atomic E-state index is 10.1. The lowest BCUT2D eigenvalue weighted by molar-refractivity contribution is 0.451. The summed E-state index contributed by atoms with van der Waals surface area (Å²) in [4.78, 5) is 9.00. The lowest BCUT2D eigenvalue weighted by Crippen LogP contribution is -1.98. The molecule has 1 saturated carbocycles. The van der Waals surface area contributed by atoms with Gasteiger partial charge in [0.1, 0.15) is 22.8 Å². The number of benzene rings is 1. The molecule has 0 spiro atoms. The smallest absolute Gasteiger partial charge is 0.160 e. The summed E-state index contributed by atoms with van der Waals surface area (Å²) in [5.41, 5.74) is 2.28. The van der Waals surface area contributed by atoms with Crippen molar-refractivity contribution in [3.63, 3.8) is 0 Å². The molecule has 0 saturated heterocycles. The lowest BCUT2D eigenvalue weighted by atomic mass is 10.2. The fourth-order valence-corrected chi connectivity index (χ4v) is 2.51. The third-order valence-electron chi connectivity index (χ3n) is 3.58. The molecule has 0 atom stereocenters. The van der Waals surface area contributed by atoms with E-state index in [0.29, 0.717) is 17.4 Å². The van der Waals surface area contributed by atoms with Crippen LogP contribution in [-0.2, 0) is 0 Å². The van der Waals surface area contributed by atoms with E-state index in [9.17, 15) is 10.2 Å². The Hall–Kier alpha value is -2.56. The zero-order chi connectivity index (χ0) is 13.7. The Labute approximate surface area is 115 Å². The van der Waals surface area contributed by atoms with Crippen molar-refractivity contribution in [1.29, 1.82) is 0 Å². The van der Waals surface area contributed by atoms with Crippen LogP contribution in [0.5, 0.6) is 11.5 Å². The van der Waals surface area contributed by atoms with Gasteiger partial charge in [0.15, 0.2) is 5.65 Å². The molecule has 2 heterocycles. The number of hydrogen-bond donors (Lipinski definition) is 2. The summed E-state index contributed by atoms with van der Waals surface area (Å²) in [5.74, 6) is 0.777. The molecule has 20 heavy (non-hydrogen) atoms. The van der Waals surface area contributed by atoms with Crippen LogP contribution >= 0.6 is 0 Å². The first-order chi connectivity index (χ1) is 9.74. The van der Waals surface area contributed by atoms with Crippen molar-refractivity contribution < 1.29 is 10.2 Å². The number of fused-ring (bicyclic) bond motifs is 1. The van der Waals surface area contributed by atoms with E-state index in [-0.39, 0.29) is 11.5 Å². The Morgan fingerprint density at radius 1 is 1.15 bits per heavy atom. The van der Waals surface area contributed by atoms with Crippen LogP contribution in [0, 0.1) is 0 Å². The van der Waals surface area contributed by atoms with E-state index in [2.05, 4.69) is 14.5 Å². The van der Waals surface area contributed by atoms with Gasteiger partial charge in [-0.05, 0) is 37.1 Å². The normalized spacial score (nSPS) is 14.8. The van der Waals surface area contributed by atoms with Gasteiger partial charge in [-0.2, -0.15) is 0 Å². The van der Waals surface area contributed by atoms with Gasteiger partial charge in [-0.15, -0.1) is 0 Å². The Morgan fingerprint density at radius 2 is 2.00 bits per heavy atom. The summed E-state index contributed by atoms with van der Waals surface area (Å²) in [6.07, 6.45) is 3.96. The number of aromatic hydroxyl groups is 2. The van der Waals surface area contributed by atoms with Gasteiger partial charge in [-0.25, -0.2) is 9.97 Å². The maximum absolute atomic E-state index is 10.1. The van der Waals surface area contributed by atoms with Crippen LogP contribution in [-0.4, -0.2) is 24.7 Å². The third kappa shape index (κ3) is 1.63. The first-order valence-electron chi connectivity index (χ1n) is 6.59. The standard InChI is InChI=1S/C15H13N3O2/c19-10-5-6-11(13(20)8-10)14-17-12-2-1-7-16-15(12)18(14)9-3-4-9/h1-2,5-9,19-20H,3-4H2. The molecule has 2 aromatic heterocycles. The monoisotopic (exact) mass is 267 g/mol. The summed E-state index contributed by atoms with van der Waals surface area (Å²) in [6, 6.07) is 8.75. The molecule has 0 bridgehead atoms. The van der Waals surface area contributed by atoms with Crippen molar-refractivity contribution >= 4 is 11.2 Å². The van der Waals surface area contributed by atoms with Crippen molar-refractivity contribution in [3.05, 3.63) is 36.5 Å². The molecule has 5 heteroatoms. The Bertz CT molecular complexity index is 806.